The first-order valence-electron chi connectivity index (χ1n) is 8.79. The highest BCUT2D eigenvalue weighted by atomic mass is 32.2. The number of sulfonamides is 1. The number of fused-ring (bicyclic) bond motifs is 1. The van der Waals surface area contributed by atoms with Crippen LogP contribution in [0.5, 0.6) is 0 Å². The molecule has 1 aromatic heterocycles. The molecular formula is C19H22N4O4S. The molecule has 0 saturated carbocycles. The molecule has 3 rings (SSSR count). The van der Waals surface area contributed by atoms with E-state index in [2.05, 4.69) is 10.0 Å². The summed E-state index contributed by atoms with van der Waals surface area (Å²) in [6.07, 6.45) is 0.500. The highest BCUT2D eigenvalue weighted by Gasteiger charge is 2.13. The zero-order valence-electron chi connectivity index (χ0n) is 15.9. The smallest absolute Gasteiger partial charge is 0.322 e. The van der Waals surface area contributed by atoms with Crippen molar-refractivity contribution < 1.29 is 13.2 Å². The van der Waals surface area contributed by atoms with Crippen molar-refractivity contribution in [3.8, 4) is 0 Å². The van der Waals surface area contributed by atoms with Crippen LogP contribution in [0, 0.1) is 0 Å². The Morgan fingerprint density at radius 3 is 2.43 bits per heavy atom. The lowest BCUT2D eigenvalue weighted by molar-refractivity contribution is 0.102. The van der Waals surface area contributed by atoms with E-state index in [0.29, 0.717) is 28.9 Å². The third-order valence-corrected chi connectivity index (χ3v) is 5.89. The minimum Gasteiger partial charge on any atom is -0.322 e. The molecule has 1 amide bonds. The van der Waals surface area contributed by atoms with Crippen LogP contribution in [0.1, 0.15) is 23.7 Å². The van der Waals surface area contributed by atoms with Crippen molar-refractivity contribution in [1.82, 2.24) is 9.13 Å². The van der Waals surface area contributed by atoms with E-state index in [-0.39, 0.29) is 17.3 Å². The van der Waals surface area contributed by atoms with E-state index in [1.54, 1.807) is 57.4 Å². The summed E-state index contributed by atoms with van der Waals surface area (Å²) < 4.78 is 29.3. The monoisotopic (exact) mass is 402 g/mol. The van der Waals surface area contributed by atoms with Crippen LogP contribution in [0.4, 0.5) is 11.4 Å². The van der Waals surface area contributed by atoms with Crippen LogP contribution in [0.2, 0.25) is 0 Å². The molecule has 0 bridgehead atoms. The minimum atomic E-state index is -3.43. The predicted molar refractivity (Wildman–Crippen MR) is 110 cm³/mol. The number of nitrogens with one attached hydrogen (secondary N) is 2. The number of hydrogen-bond donors (Lipinski definition) is 2. The first-order valence-corrected chi connectivity index (χ1v) is 10.4. The average Bonchev–Trinajstić information content (AvgIpc) is 2.85. The van der Waals surface area contributed by atoms with Gasteiger partial charge in [0.1, 0.15) is 0 Å². The lowest BCUT2D eigenvalue weighted by Crippen LogP contribution is -2.19. The molecule has 9 heteroatoms. The molecule has 0 unspecified atom stereocenters. The third kappa shape index (κ3) is 3.94. The van der Waals surface area contributed by atoms with Crippen molar-refractivity contribution >= 4 is 38.3 Å². The number of carbonyl (C=O) groups excluding carboxylic acids is 1. The van der Waals surface area contributed by atoms with Gasteiger partial charge < -0.3 is 5.32 Å². The first kappa shape index (κ1) is 19.7. The molecule has 0 radical (unpaired) electrons. The van der Waals surface area contributed by atoms with E-state index >= 15 is 0 Å². The number of anilines is 2. The zero-order chi connectivity index (χ0) is 20.5. The number of hydrogen-bond acceptors (Lipinski definition) is 4. The van der Waals surface area contributed by atoms with E-state index < -0.39 is 10.0 Å². The van der Waals surface area contributed by atoms with Crippen LogP contribution in [0.15, 0.2) is 47.3 Å². The number of rotatable bonds is 6. The van der Waals surface area contributed by atoms with Crippen LogP contribution in [-0.2, 0) is 24.1 Å². The Bertz CT molecular complexity index is 1210. The van der Waals surface area contributed by atoms with Gasteiger partial charge in [-0.1, -0.05) is 13.0 Å². The normalized spacial score (nSPS) is 11.5. The van der Waals surface area contributed by atoms with Gasteiger partial charge in [0.2, 0.25) is 10.0 Å². The maximum Gasteiger partial charge on any atom is 0.328 e. The third-order valence-electron chi connectivity index (χ3n) is 4.40. The largest absolute Gasteiger partial charge is 0.328 e. The Kier molecular flexibility index (Phi) is 5.28. The quantitative estimate of drug-likeness (QED) is 0.660. The Hall–Kier alpha value is -3.07. The van der Waals surface area contributed by atoms with Crippen LogP contribution in [0.3, 0.4) is 0 Å². The summed E-state index contributed by atoms with van der Waals surface area (Å²) in [4.78, 5) is 24.6. The molecule has 1 heterocycles. The number of aromatic nitrogens is 2. The number of imidazole rings is 1. The minimum absolute atomic E-state index is 0.0131. The fourth-order valence-corrected chi connectivity index (χ4v) is 4.14. The van der Waals surface area contributed by atoms with E-state index in [4.69, 9.17) is 0 Å². The van der Waals surface area contributed by atoms with E-state index in [1.165, 1.54) is 15.2 Å². The lowest BCUT2D eigenvalue weighted by Gasteiger charge is -2.10. The molecule has 148 valence electrons. The van der Waals surface area contributed by atoms with Crippen molar-refractivity contribution in [3.63, 3.8) is 0 Å². The Morgan fingerprint density at radius 2 is 1.71 bits per heavy atom. The molecule has 2 N–H and O–H groups in total. The van der Waals surface area contributed by atoms with Gasteiger partial charge in [0.15, 0.2) is 0 Å². The van der Waals surface area contributed by atoms with Gasteiger partial charge in [-0.2, -0.15) is 0 Å². The molecule has 2 aromatic carbocycles. The van der Waals surface area contributed by atoms with Gasteiger partial charge in [0, 0.05) is 31.0 Å². The molecule has 0 aliphatic rings. The molecule has 0 atom stereocenters. The van der Waals surface area contributed by atoms with Gasteiger partial charge in [0.25, 0.3) is 5.91 Å². The SMILES string of the molecule is CCCS(=O)(=O)Nc1cccc(C(=O)Nc2ccc3c(c2)n(C)c(=O)n3C)c1. The summed E-state index contributed by atoms with van der Waals surface area (Å²) in [5.41, 5.74) is 2.51. The Balaban J connectivity index is 1.83. The number of amides is 1. The second-order valence-electron chi connectivity index (χ2n) is 6.56. The Morgan fingerprint density at radius 1 is 1.00 bits per heavy atom. The Labute approximate surface area is 162 Å². The van der Waals surface area contributed by atoms with Gasteiger partial charge in [-0.05, 0) is 42.8 Å². The van der Waals surface area contributed by atoms with Crippen molar-refractivity contribution in [2.24, 2.45) is 14.1 Å². The van der Waals surface area contributed by atoms with Crippen molar-refractivity contribution in [3.05, 3.63) is 58.5 Å². The van der Waals surface area contributed by atoms with Crippen LogP contribution in [0.25, 0.3) is 11.0 Å². The van der Waals surface area contributed by atoms with Gasteiger partial charge in [-0.15, -0.1) is 0 Å². The summed E-state index contributed by atoms with van der Waals surface area (Å²) >= 11 is 0. The topological polar surface area (TPSA) is 102 Å². The summed E-state index contributed by atoms with van der Waals surface area (Å²) in [6.45, 7) is 1.78. The maximum absolute atomic E-state index is 12.6. The fourth-order valence-electron chi connectivity index (χ4n) is 3.01. The molecule has 0 saturated heterocycles. The molecule has 3 aromatic rings. The second kappa shape index (κ2) is 7.51. The highest BCUT2D eigenvalue weighted by molar-refractivity contribution is 7.92. The van der Waals surface area contributed by atoms with Crippen molar-refractivity contribution in [2.75, 3.05) is 15.8 Å². The number of nitrogens with zero attached hydrogens (tertiary/aromatic N) is 2. The van der Waals surface area contributed by atoms with Crippen molar-refractivity contribution in [1.29, 1.82) is 0 Å². The molecule has 0 spiro atoms. The van der Waals surface area contributed by atoms with Crippen LogP contribution in [-0.4, -0.2) is 29.2 Å². The van der Waals surface area contributed by atoms with E-state index in [1.807, 2.05) is 0 Å². The molecular weight excluding hydrogens is 380 g/mol. The molecule has 0 fully saturated rings. The van der Waals surface area contributed by atoms with Gasteiger partial charge in [0.05, 0.1) is 16.8 Å². The zero-order valence-corrected chi connectivity index (χ0v) is 16.7. The fraction of sp³-hybridized carbons (Fsp3) is 0.263. The lowest BCUT2D eigenvalue weighted by atomic mass is 10.2. The van der Waals surface area contributed by atoms with Gasteiger partial charge >= 0.3 is 5.69 Å². The summed E-state index contributed by atoms with van der Waals surface area (Å²) in [5.74, 6) is -0.365. The van der Waals surface area contributed by atoms with E-state index in [0.717, 1.165) is 5.52 Å². The standard InChI is InChI=1S/C19H22N4O4S/c1-4-10-28(26,27)21-15-7-5-6-13(11-15)18(24)20-14-8-9-16-17(12-14)23(3)19(25)22(16)2/h5-9,11-12,21H,4,10H2,1-3H3,(H,20,24). The number of benzene rings is 2. The summed E-state index contributed by atoms with van der Waals surface area (Å²) in [7, 11) is -0.0760. The van der Waals surface area contributed by atoms with Gasteiger partial charge in [-0.3, -0.25) is 18.7 Å². The van der Waals surface area contributed by atoms with Crippen LogP contribution < -0.4 is 15.7 Å². The van der Waals surface area contributed by atoms with E-state index in [9.17, 15) is 18.0 Å². The number of carbonyl (C=O) groups is 1. The average molecular weight is 402 g/mol. The summed E-state index contributed by atoms with van der Waals surface area (Å²) in [6, 6.07) is 11.5. The highest BCUT2D eigenvalue weighted by Crippen LogP contribution is 2.19. The second-order valence-corrected chi connectivity index (χ2v) is 8.40. The molecule has 28 heavy (non-hydrogen) atoms. The molecule has 0 aliphatic heterocycles. The van der Waals surface area contributed by atoms with Crippen molar-refractivity contribution in [2.45, 2.75) is 13.3 Å². The maximum atomic E-state index is 12.6. The predicted octanol–water partition coefficient (Wildman–Crippen LogP) is 2.28. The number of aryl methyl sites for hydroxylation is 2. The first-order chi connectivity index (χ1) is 13.2. The molecule has 8 nitrogen and oxygen atoms in total. The molecule has 0 aliphatic carbocycles. The summed E-state index contributed by atoms with van der Waals surface area (Å²) in [5, 5.41) is 2.78. The van der Waals surface area contributed by atoms with Crippen LogP contribution >= 0.6 is 0 Å². The van der Waals surface area contributed by atoms with Gasteiger partial charge in [-0.25, -0.2) is 13.2 Å².